The molecule has 3 rings (SSSR count). The lowest BCUT2D eigenvalue weighted by molar-refractivity contribution is -0.134. The lowest BCUT2D eigenvalue weighted by Gasteiger charge is -2.31. The first-order valence-corrected chi connectivity index (χ1v) is 9.45. The standard InChI is InChI=1S/C22H23FN2O3/c23-18-8-6-16(7-9-18)20(26)10-11-21(27)25-14-12-17(13-15-25)22(28)24-19-4-2-1-3-5-19/h1-9,17H,10-15H2,(H,24,28). The predicted molar refractivity (Wildman–Crippen MR) is 104 cm³/mol. The SMILES string of the molecule is O=C(CCC(=O)N1CCC(C(=O)Nc2ccccc2)CC1)c1ccc(F)cc1. The van der Waals surface area contributed by atoms with Crippen molar-refractivity contribution in [2.24, 2.45) is 5.92 Å². The van der Waals surface area contributed by atoms with Crippen molar-refractivity contribution in [3.63, 3.8) is 0 Å². The number of Topliss-reactive ketones (excluding diaryl/α,β-unsaturated/α-hetero) is 1. The van der Waals surface area contributed by atoms with Gasteiger partial charge in [-0.3, -0.25) is 14.4 Å². The molecule has 1 N–H and O–H groups in total. The quantitative estimate of drug-likeness (QED) is 0.776. The van der Waals surface area contributed by atoms with Gasteiger partial charge in [-0.1, -0.05) is 18.2 Å². The maximum atomic E-state index is 12.9. The van der Waals surface area contributed by atoms with Gasteiger partial charge in [-0.15, -0.1) is 0 Å². The molecule has 1 saturated heterocycles. The number of ketones is 1. The Morgan fingerprint density at radius 3 is 2.21 bits per heavy atom. The van der Waals surface area contributed by atoms with Crippen molar-refractivity contribution in [3.05, 3.63) is 66.0 Å². The minimum absolute atomic E-state index is 0.0233. The number of para-hydroxylation sites is 1. The molecule has 0 unspecified atom stereocenters. The third-order valence-corrected chi connectivity index (χ3v) is 4.99. The third-order valence-electron chi connectivity index (χ3n) is 4.99. The molecule has 2 amide bonds. The zero-order valence-corrected chi connectivity index (χ0v) is 15.6. The highest BCUT2D eigenvalue weighted by Crippen LogP contribution is 2.20. The van der Waals surface area contributed by atoms with E-state index < -0.39 is 5.82 Å². The van der Waals surface area contributed by atoms with Crippen molar-refractivity contribution in [3.8, 4) is 0 Å². The zero-order valence-electron chi connectivity index (χ0n) is 15.6. The number of halogens is 1. The number of carbonyl (C=O) groups excluding carboxylic acids is 3. The summed E-state index contributed by atoms with van der Waals surface area (Å²) < 4.78 is 12.9. The van der Waals surface area contributed by atoms with Crippen LogP contribution in [0.5, 0.6) is 0 Å². The number of likely N-dealkylation sites (tertiary alicyclic amines) is 1. The molecular weight excluding hydrogens is 359 g/mol. The highest BCUT2D eigenvalue weighted by molar-refractivity contribution is 5.98. The van der Waals surface area contributed by atoms with Crippen LogP contribution in [0.2, 0.25) is 0 Å². The fourth-order valence-corrected chi connectivity index (χ4v) is 3.32. The van der Waals surface area contributed by atoms with Crippen LogP contribution in [0.15, 0.2) is 54.6 Å². The summed E-state index contributed by atoms with van der Waals surface area (Å²) in [5, 5.41) is 2.90. The second kappa shape index (κ2) is 9.26. The van der Waals surface area contributed by atoms with E-state index in [0.29, 0.717) is 31.5 Å². The molecule has 0 spiro atoms. The van der Waals surface area contributed by atoms with Gasteiger partial charge in [0.1, 0.15) is 5.82 Å². The summed E-state index contributed by atoms with van der Waals surface area (Å²) >= 11 is 0. The number of hydrogen-bond acceptors (Lipinski definition) is 3. The van der Waals surface area contributed by atoms with Gasteiger partial charge >= 0.3 is 0 Å². The van der Waals surface area contributed by atoms with E-state index in [2.05, 4.69) is 5.32 Å². The van der Waals surface area contributed by atoms with Gasteiger partial charge in [-0.25, -0.2) is 4.39 Å². The summed E-state index contributed by atoms with van der Waals surface area (Å²) in [4.78, 5) is 38.5. The number of nitrogens with zero attached hydrogens (tertiary/aromatic N) is 1. The molecular formula is C22H23FN2O3. The number of amides is 2. The van der Waals surface area contributed by atoms with Gasteiger partial charge in [0.05, 0.1) is 0 Å². The topological polar surface area (TPSA) is 66.5 Å². The highest BCUT2D eigenvalue weighted by Gasteiger charge is 2.27. The molecule has 2 aromatic carbocycles. The van der Waals surface area contributed by atoms with Gasteiger partial charge < -0.3 is 10.2 Å². The monoisotopic (exact) mass is 382 g/mol. The second-order valence-electron chi connectivity index (χ2n) is 6.94. The summed E-state index contributed by atoms with van der Waals surface area (Å²) in [6.45, 7) is 1.02. The Balaban J connectivity index is 1.42. The van der Waals surface area contributed by atoms with Crippen molar-refractivity contribution < 1.29 is 18.8 Å². The number of rotatable bonds is 6. The number of hydrogen-bond donors (Lipinski definition) is 1. The average Bonchev–Trinajstić information content (AvgIpc) is 2.73. The lowest BCUT2D eigenvalue weighted by atomic mass is 9.95. The van der Waals surface area contributed by atoms with Crippen LogP contribution in [0, 0.1) is 11.7 Å². The van der Waals surface area contributed by atoms with Crippen LogP contribution in [0.1, 0.15) is 36.0 Å². The molecule has 146 valence electrons. The normalized spacial score (nSPS) is 14.5. The van der Waals surface area contributed by atoms with Gasteiger partial charge in [0.15, 0.2) is 5.78 Å². The summed E-state index contributed by atoms with van der Waals surface area (Å²) in [5.74, 6) is -0.801. The van der Waals surface area contributed by atoms with Gasteiger partial charge in [0.2, 0.25) is 11.8 Å². The summed E-state index contributed by atoms with van der Waals surface area (Å²) in [6, 6.07) is 14.6. The number of anilines is 1. The highest BCUT2D eigenvalue weighted by atomic mass is 19.1. The predicted octanol–water partition coefficient (Wildman–Crippen LogP) is 3.67. The first-order valence-electron chi connectivity index (χ1n) is 9.45. The second-order valence-corrected chi connectivity index (χ2v) is 6.94. The van der Waals surface area contributed by atoms with E-state index >= 15 is 0 Å². The maximum Gasteiger partial charge on any atom is 0.227 e. The first-order chi connectivity index (χ1) is 13.5. The molecule has 0 saturated carbocycles. The Morgan fingerprint density at radius 1 is 0.929 bits per heavy atom. The Morgan fingerprint density at radius 2 is 1.57 bits per heavy atom. The Bertz CT molecular complexity index is 829. The molecule has 0 bridgehead atoms. The van der Waals surface area contributed by atoms with E-state index in [0.717, 1.165) is 5.69 Å². The molecule has 5 nitrogen and oxygen atoms in total. The van der Waals surface area contributed by atoms with E-state index in [1.165, 1.54) is 24.3 Å². The van der Waals surface area contributed by atoms with Crippen molar-refractivity contribution in [2.75, 3.05) is 18.4 Å². The molecule has 2 aromatic rings. The Hall–Kier alpha value is -3.02. The van der Waals surface area contributed by atoms with Crippen LogP contribution in [-0.4, -0.2) is 35.6 Å². The Kier molecular flexibility index (Phi) is 6.53. The van der Waals surface area contributed by atoms with Crippen molar-refractivity contribution in [1.82, 2.24) is 4.90 Å². The van der Waals surface area contributed by atoms with Crippen molar-refractivity contribution in [2.45, 2.75) is 25.7 Å². The number of piperidine rings is 1. The number of carbonyl (C=O) groups is 3. The van der Waals surface area contributed by atoms with Gasteiger partial charge in [0, 0.05) is 43.1 Å². The largest absolute Gasteiger partial charge is 0.343 e. The molecule has 1 fully saturated rings. The number of nitrogens with one attached hydrogen (secondary N) is 1. The lowest BCUT2D eigenvalue weighted by Crippen LogP contribution is -2.41. The van der Waals surface area contributed by atoms with E-state index in [1.54, 1.807) is 4.90 Å². The minimum Gasteiger partial charge on any atom is -0.343 e. The van der Waals surface area contributed by atoms with E-state index in [9.17, 15) is 18.8 Å². The van der Waals surface area contributed by atoms with E-state index in [1.807, 2.05) is 30.3 Å². The summed E-state index contributed by atoms with van der Waals surface area (Å²) in [5.41, 5.74) is 1.18. The fourth-order valence-electron chi connectivity index (χ4n) is 3.32. The van der Waals surface area contributed by atoms with Crippen molar-refractivity contribution >= 4 is 23.3 Å². The van der Waals surface area contributed by atoms with Crippen LogP contribution < -0.4 is 5.32 Å². The van der Waals surface area contributed by atoms with Crippen LogP contribution in [0.3, 0.4) is 0 Å². The van der Waals surface area contributed by atoms with E-state index in [-0.39, 0.29) is 36.4 Å². The molecule has 0 radical (unpaired) electrons. The molecule has 1 heterocycles. The molecule has 28 heavy (non-hydrogen) atoms. The molecule has 0 atom stereocenters. The molecule has 6 heteroatoms. The molecule has 0 aliphatic carbocycles. The fraction of sp³-hybridized carbons (Fsp3) is 0.318. The first kappa shape index (κ1) is 19.7. The summed E-state index contributed by atoms with van der Waals surface area (Å²) in [7, 11) is 0. The van der Waals surface area contributed by atoms with Gasteiger partial charge in [-0.2, -0.15) is 0 Å². The third kappa shape index (κ3) is 5.25. The Labute approximate surface area is 163 Å². The van der Waals surface area contributed by atoms with Crippen LogP contribution in [0.25, 0.3) is 0 Å². The van der Waals surface area contributed by atoms with E-state index in [4.69, 9.17) is 0 Å². The maximum absolute atomic E-state index is 12.9. The average molecular weight is 382 g/mol. The van der Waals surface area contributed by atoms with Crippen molar-refractivity contribution in [1.29, 1.82) is 0 Å². The van der Waals surface area contributed by atoms with Gasteiger partial charge in [-0.05, 0) is 49.2 Å². The summed E-state index contributed by atoms with van der Waals surface area (Å²) in [6.07, 6.45) is 1.43. The number of benzene rings is 2. The van der Waals surface area contributed by atoms with Crippen LogP contribution in [-0.2, 0) is 9.59 Å². The molecule has 1 aliphatic heterocycles. The van der Waals surface area contributed by atoms with Crippen LogP contribution in [0.4, 0.5) is 10.1 Å². The minimum atomic E-state index is -0.396. The van der Waals surface area contributed by atoms with Crippen LogP contribution >= 0.6 is 0 Å². The van der Waals surface area contributed by atoms with Gasteiger partial charge in [0.25, 0.3) is 0 Å². The smallest absolute Gasteiger partial charge is 0.227 e. The molecule has 0 aromatic heterocycles. The zero-order chi connectivity index (χ0) is 19.9. The molecule has 1 aliphatic rings.